The van der Waals surface area contributed by atoms with E-state index in [0.717, 1.165) is 11.3 Å². The molecule has 0 unspecified atom stereocenters. The summed E-state index contributed by atoms with van der Waals surface area (Å²) in [4.78, 5) is 4.14. The average Bonchev–Trinajstić information content (AvgIpc) is 2.30. The van der Waals surface area contributed by atoms with Crippen LogP contribution in [-0.4, -0.2) is 12.8 Å². The first kappa shape index (κ1) is 11.6. The standard InChI is InChI=1S/C13H11BFNO/c1-8-9(2)16-6-5-13(8)17-10-3-4-11(14)12(15)7-10/h3-7H,1-2H3. The second kappa shape index (κ2) is 4.57. The van der Waals surface area contributed by atoms with E-state index >= 15 is 0 Å². The largest absolute Gasteiger partial charge is 0.457 e. The lowest BCUT2D eigenvalue weighted by atomic mass is 9.96. The van der Waals surface area contributed by atoms with Gasteiger partial charge in [0.25, 0.3) is 0 Å². The van der Waals surface area contributed by atoms with E-state index in [1.165, 1.54) is 12.1 Å². The van der Waals surface area contributed by atoms with Gasteiger partial charge in [-0.3, -0.25) is 4.98 Å². The van der Waals surface area contributed by atoms with Gasteiger partial charge in [0.05, 0.1) is 0 Å². The van der Waals surface area contributed by atoms with Gasteiger partial charge >= 0.3 is 0 Å². The normalized spacial score (nSPS) is 10.3. The minimum atomic E-state index is -0.481. The number of nitrogens with zero attached hydrogens (tertiary/aromatic N) is 1. The van der Waals surface area contributed by atoms with Crippen molar-refractivity contribution < 1.29 is 9.13 Å². The monoisotopic (exact) mass is 227 g/mol. The van der Waals surface area contributed by atoms with E-state index in [1.54, 1.807) is 18.3 Å². The highest BCUT2D eigenvalue weighted by atomic mass is 19.1. The molecular formula is C13H11BFNO. The molecule has 0 fully saturated rings. The lowest BCUT2D eigenvalue weighted by Gasteiger charge is -2.10. The molecule has 17 heavy (non-hydrogen) atoms. The van der Waals surface area contributed by atoms with E-state index in [9.17, 15) is 4.39 Å². The van der Waals surface area contributed by atoms with Gasteiger partial charge in [-0.2, -0.15) is 0 Å². The van der Waals surface area contributed by atoms with Gasteiger partial charge in [-0.05, 0) is 26.0 Å². The van der Waals surface area contributed by atoms with Crippen LogP contribution in [0.2, 0.25) is 0 Å². The van der Waals surface area contributed by atoms with Crippen LogP contribution in [0.1, 0.15) is 11.3 Å². The molecule has 2 aromatic rings. The molecule has 4 heteroatoms. The quantitative estimate of drug-likeness (QED) is 0.735. The maximum atomic E-state index is 13.2. The Morgan fingerprint density at radius 1 is 1.24 bits per heavy atom. The predicted molar refractivity (Wildman–Crippen MR) is 65.6 cm³/mol. The summed E-state index contributed by atoms with van der Waals surface area (Å²) in [7, 11) is 5.40. The smallest absolute Gasteiger partial charge is 0.133 e. The SMILES string of the molecule is [B]c1ccc(Oc2ccnc(C)c2C)cc1F. The summed E-state index contributed by atoms with van der Waals surface area (Å²) in [5.41, 5.74) is 1.93. The third kappa shape index (κ3) is 2.46. The molecule has 1 aromatic carbocycles. The molecule has 0 saturated carbocycles. The molecule has 84 valence electrons. The Labute approximate surface area is 101 Å². The number of ether oxygens (including phenoxy) is 1. The van der Waals surface area contributed by atoms with Crippen LogP contribution >= 0.6 is 0 Å². The van der Waals surface area contributed by atoms with Gasteiger partial charge in [-0.1, -0.05) is 11.5 Å². The summed E-state index contributed by atoms with van der Waals surface area (Å²) in [6.45, 7) is 3.80. The highest BCUT2D eigenvalue weighted by molar-refractivity contribution is 6.32. The Morgan fingerprint density at radius 3 is 2.71 bits per heavy atom. The Morgan fingerprint density at radius 2 is 2.00 bits per heavy atom. The van der Waals surface area contributed by atoms with Crippen LogP contribution in [0.3, 0.4) is 0 Å². The summed E-state index contributed by atoms with van der Waals surface area (Å²) in [6.07, 6.45) is 1.66. The van der Waals surface area contributed by atoms with Crippen molar-refractivity contribution in [1.82, 2.24) is 4.98 Å². The van der Waals surface area contributed by atoms with Crippen molar-refractivity contribution in [3.05, 3.63) is 47.5 Å². The number of hydrogen-bond donors (Lipinski definition) is 0. The van der Waals surface area contributed by atoms with Crippen LogP contribution in [0.4, 0.5) is 4.39 Å². The van der Waals surface area contributed by atoms with Crippen LogP contribution in [0, 0.1) is 19.7 Å². The van der Waals surface area contributed by atoms with Gasteiger partial charge < -0.3 is 4.74 Å². The lowest BCUT2D eigenvalue weighted by molar-refractivity contribution is 0.472. The van der Waals surface area contributed by atoms with Gasteiger partial charge in [0.15, 0.2) is 0 Å². The second-order valence-electron chi connectivity index (χ2n) is 3.80. The lowest BCUT2D eigenvalue weighted by Crippen LogP contribution is -2.07. The van der Waals surface area contributed by atoms with Crippen molar-refractivity contribution in [2.75, 3.05) is 0 Å². The molecule has 0 saturated heterocycles. The first-order chi connectivity index (χ1) is 8.08. The van der Waals surface area contributed by atoms with Crippen LogP contribution in [0.5, 0.6) is 11.5 Å². The molecule has 0 bridgehead atoms. The number of aromatic nitrogens is 1. The molecule has 1 aromatic heterocycles. The van der Waals surface area contributed by atoms with Crippen molar-refractivity contribution >= 4 is 13.3 Å². The van der Waals surface area contributed by atoms with E-state index in [-0.39, 0.29) is 5.46 Å². The number of rotatable bonds is 2. The van der Waals surface area contributed by atoms with Gasteiger partial charge in [-0.25, -0.2) is 4.39 Å². The Bertz CT molecular complexity index is 557. The molecule has 2 rings (SSSR count). The maximum Gasteiger partial charge on any atom is 0.133 e. The highest BCUT2D eigenvalue weighted by Gasteiger charge is 2.05. The first-order valence-corrected chi connectivity index (χ1v) is 5.23. The Hall–Kier alpha value is -1.84. The molecule has 0 amide bonds. The van der Waals surface area contributed by atoms with Crippen molar-refractivity contribution in [1.29, 1.82) is 0 Å². The highest BCUT2D eigenvalue weighted by Crippen LogP contribution is 2.25. The van der Waals surface area contributed by atoms with E-state index in [0.29, 0.717) is 11.5 Å². The second-order valence-corrected chi connectivity index (χ2v) is 3.80. The zero-order valence-electron chi connectivity index (χ0n) is 9.70. The first-order valence-electron chi connectivity index (χ1n) is 5.23. The fourth-order valence-electron chi connectivity index (χ4n) is 1.43. The molecule has 1 heterocycles. The zero-order valence-corrected chi connectivity index (χ0v) is 9.70. The van der Waals surface area contributed by atoms with E-state index in [4.69, 9.17) is 12.6 Å². The average molecular weight is 227 g/mol. The van der Waals surface area contributed by atoms with Crippen molar-refractivity contribution in [3.63, 3.8) is 0 Å². The summed E-state index contributed by atoms with van der Waals surface area (Å²) in [6, 6.07) is 6.13. The van der Waals surface area contributed by atoms with Crippen LogP contribution in [0.15, 0.2) is 30.5 Å². The fraction of sp³-hybridized carbons (Fsp3) is 0.154. The van der Waals surface area contributed by atoms with Gasteiger partial charge in [0.2, 0.25) is 0 Å². The van der Waals surface area contributed by atoms with E-state index in [1.807, 2.05) is 13.8 Å². The van der Waals surface area contributed by atoms with Crippen molar-refractivity contribution in [2.45, 2.75) is 13.8 Å². The van der Waals surface area contributed by atoms with E-state index < -0.39 is 5.82 Å². The third-order valence-corrected chi connectivity index (χ3v) is 2.61. The molecule has 2 nitrogen and oxygen atoms in total. The fourth-order valence-corrected chi connectivity index (χ4v) is 1.43. The molecule has 0 atom stereocenters. The molecule has 0 spiro atoms. The van der Waals surface area contributed by atoms with Gasteiger partial charge in [-0.15, -0.1) is 0 Å². The van der Waals surface area contributed by atoms with Gasteiger partial charge in [0.1, 0.15) is 25.2 Å². The number of pyridine rings is 1. The summed E-state index contributed by atoms with van der Waals surface area (Å²) < 4.78 is 18.8. The minimum Gasteiger partial charge on any atom is -0.457 e. The third-order valence-electron chi connectivity index (χ3n) is 2.61. The van der Waals surface area contributed by atoms with Crippen LogP contribution in [-0.2, 0) is 0 Å². The summed E-state index contributed by atoms with van der Waals surface area (Å²) >= 11 is 0. The van der Waals surface area contributed by atoms with Crippen molar-refractivity contribution in [3.8, 4) is 11.5 Å². The Kier molecular flexibility index (Phi) is 3.13. The summed E-state index contributed by atoms with van der Waals surface area (Å²) in [5.74, 6) is 0.609. The molecule has 2 radical (unpaired) electrons. The van der Waals surface area contributed by atoms with Crippen LogP contribution in [0.25, 0.3) is 0 Å². The Balaban J connectivity index is 2.31. The predicted octanol–water partition coefficient (Wildman–Crippen LogP) is 2.42. The number of hydrogen-bond acceptors (Lipinski definition) is 2. The number of halogens is 1. The van der Waals surface area contributed by atoms with Gasteiger partial charge in [0, 0.05) is 23.5 Å². The molecule has 0 aliphatic heterocycles. The molecule has 0 aliphatic carbocycles. The topological polar surface area (TPSA) is 22.1 Å². The van der Waals surface area contributed by atoms with Crippen LogP contribution < -0.4 is 10.2 Å². The summed E-state index contributed by atoms with van der Waals surface area (Å²) in [5, 5.41) is 0. The van der Waals surface area contributed by atoms with Crippen molar-refractivity contribution in [2.24, 2.45) is 0 Å². The number of benzene rings is 1. The number of aryl methyl sites for hydroxylation is 1. The molecule has 0 N–H and O–H groups in total. The maximum absolute atomic E-state index is 13.2. The molecular weight excluding hydrogens is 216 g/mol. The van der Waals surface area contributed by atoms with E-state index in [2.05, 4.69) is 4.98 Å². The molecule has 0 aliphatic rings. The minimum absolute atomic E-state index is 0.111. The zero-order chi connectivity index (χ0) is 12.4.